The predicted octanol–water partition coefficient (Wildman–Crippen LogP) is 5.30. The highest BCUT2D eigenvalue weighted by Gasteiger charge is 2.30. The SMILES string of the molecule is COc1ccc(C(=O)N2CCC(c3nc(C(=O)Nc4ccc5nc(C)ccc5c4)cs3)CC2)c(OC)c1OC. The molecule has 0 atom stereocenters. The van der Waals surface area contributed by atoms with Crippen LogP contribution in [0, 0.1) is 6.92 Å². The van der Waals surface area contributed by atoms with E-state index in [-0.39, 0.29) is 17.7 Å². The maximum absolute atomic E-state index is 13.3. The van der Waals surface area contributed by atoms with Gasteiger partial charge in [0.15, 0.2) is 11.5 Å². The summed E-state index contributed by atoms with van der Waals surface area (Å²) in [4.78, 5) is 37.2. The van der Waals surface area contributed by atoms with Crippen molar-refractivity contribution in [2.45, 2.75) is 25.7 Å². The molecule has 0 bridgehead atoms. The number of aryl methyl sites for hydroxylation is 1. The second-order valence-corrected chi connectivity index (χ2v) is 10.2. The number of amides is 2. The van der Waals surface area contributed by atoms with Crippen LogP contribution in [0.3, 0.4) is 0 Å². The number of rotatable bonds is 7. The Hall–Kier alpha value is -4.18. The summed E-state index contributed by atoms with van der Waals surface area (Å²) in [5.74, 6) is 1.07. The Morgan fingerprint density at radius 1 is 0.949 bits per heavy atom. The number of carbonyl (C=O) groups excluding carboxylic acids is 2. The molecule has 2 aromatic heterocycles. The molecule has 0 aliphatic carbocycles. The number of nitrogens with zero attached hydrogens (tertiary/aromatic N) is 3. The molecule has 1 N–H and O–H groups in total. The van der Waals surface area contributed by atoms with Crippen molar-refractivity contribution in [2.24, 2.45) is 0 Å². The van der Waals surface area contributed by atoms with E-state index in [2.05, 4.69) is 15.3 Å². The molecule has 10 heteroatoms. The van der Waals surface area contributed by atoms with Crippen LogP contribution in [0.1, 0.15) is 50.3 Å². The van der Waals surface area contributed by atoms with E-state index < -0.39 is 0 Å². The van der Waals surface area contributed by atoms with Gasteiger partial charge in [-0.1, -0.05) is 6.07 Å². The molecular formula is C29H30N4O5S. The molecule has 0 saturated carbocycles. The average molecular weight is 547 g/mol. The summed E-state index contributed by atoms with van der Waals surface area (Å²) < 4.78 is 16.3. The third-order valence-corrected chi connectivity index (χ3v) is 7.91. The van der Waals surface area contributed by atoms with Gasteiger partial charge in [-0.25, -0.2) is 4.98 Å². The van der Waals surface area contributed by atoms with E-state index in [0.29, 0.717) is 47.3 Å². The Balaban J connectivity index is 1.22. The zero-order chi connectivity index (χ0) is 27.5. The predicted molar refractivity (Wildman–Crippen MR) is 151 cm³/mol. The van der Waals surface area contributed by atoms with Gasteiger partial charge in [0.25, 0.3) is 11.8 Å². The number of hydrogen-bond donors (Lipinski definition) is 1. The first kappa shape index (κ1) is 26.4. The molecule has 202 valence electrons. The van der Waals surface area contributed by atoms with E-state index in [1.54, 1.807) is 24.6 Å². The zero-order valence-corrected chi connectivity index (χ0v) is 23.1. The average Bonchev–Trinajstić information content (AvgIpc) is 3.47. The quantitative estimate of drug-likeness (QED) is 0.336. The Kier molecular flexibility index (Phi) is 7.65. The number of anilines is 1. The second kappa shape index (κ2) is 11.3. The lowest BCUT2D eigenvalue weighted by atomic mass is 9.97. The Labute approximate surface area is 230 Å². The van der Waals surface area contributed by atoms with E-state index >= 15 is 0 Å². The van der Waals surface area contributed by atoms with Gasteiger partial charge in [0.1, 0.15) is 5.69 Å². The van der Waals surface area contributed by atoms with Crippen LogP contribution in [0.4, 0.5) is 5.69 Å². The standard InChI is InChI=1S/C29H30N4O5S/c1-17-5-6-19-15-20(7-9-22(19)30-17)31-27(34)23-16-39-28(32-23)18-11-13-33(14-12-18)29(35)21-8-10-24(36-2)26(38-4)25(21)37-3/h5-10,15-16,18H,11-14H2,1-4H3,(H,31,34). The van der Waals surface area contributed by atoms with Crippen molar-refractivity contribution in [1.29, 1.82) is 0 Å². The summed E-state index contributed by atoms with van der Waals surface area (Å²) in [5.41, 5.74) is 3.36. The van der Waals surface area contributed by atoms with E-state index in [9.17, 15) is 9.59 Å². The van der Waals surface area contributed by atoms with Crippen LogP contribution < -0.4 is 19.5 Å². The van der Waals surface area contributed by atoms with Crippen LogP contribution in [0.5, 0.6) is 17.2 Å². The second-order valence-electron chi connectivity index (χ2n) is 9.33. The molecule has 39 heavy (non-hydrogen) atoms. The summed E-state index contributed by atoms with van der Waals surface area (Å²) >= 11 is 1.48. The molecule has 1 saturated heterocycles. The first-order valence-corrected chi connectivity index (χ1v) is 13.5. The van der Waals surface area contributed by atoms with Crippen LogP contribution in [0.2, 0.25) is 0 Å². The summed E-state index contributed by atoms with van der Waals surface area (Å²) in [5, 5.41) is 6.61. The lowest BCUT2D eigenvalue weighted by Crippen LogP contribution is -2.38. The number of carbonyl (C=O) groups is 2. The number of pyridine rings is 1. The number of benzene rings is 2. The van der Waals surface area contributed by atoms with E-state index in [4.69, 9.17) is 14.2 Å². The minimum absolute atomic E-state index is 0.119. The fraction of sp³-hybridized carbons (Fsp3) is 0.310. The molecule has 0 radical (unpaired) electrons. The third-order valence-electron chi connectivity index (χ3n) is 6.91. The third kappa shape index (κ3) is 5.37. The largest absolute Gasteiger partial charge is 0.493 e. The van der Waals surface area contributed by atoms with Gasteiger partial charge in [-0.05, 0) is 56.2 Å². The molecule has 2 amide bonds. The topological polar surface area (TPSA) is 103 Å². The number of nitrogens with one attached hydrogen (secondary N) is 1. The van der Waals surface area contributed by atoms with Gasteiger partial charge in [-0.15, -0.1) is 11.3 Å². The van der Waals surface area contributed by atoms with Crippen LogP contribution in [0.25, 0.3) is 10.9 Å². The number of likely N-dealkylation sites (tertiary alicyclic amines) is 1. The number of hydrogen-bond acceptors (Lipinski definition) is 8. The van der Waals surface area contributed by atoms with Gasteiger partial charge in [0.2, 0.25) is 5.75 Å². The molecule has 2 aromatic carbocycles. The molecule has 4 aromatic rings. The lowest BCUT2D eigenvalue weighted by molar-refractivity contribution is 0.0708. The Bertz CT molecular complexity index is 1530. The van der Waals surface area contributed by atoms with Crippen LogP contribution in [0.15, 0.2) is 47.8 Å². The first-order valence-electron chi connectivity index (χ1n) is 12.6. The van der Waals surface area contributed by atoms with Crippen LogP contribution >= 0.6 is 11.3 Å². The minimum Gasteiger partial charge on any atom is -0.493 e. The highest BCUT2D eigenvalue weighted by molar-refractivity contribution is 7.10. The fourth-order valence-electron chi connectivity index (χ4n) is 4.85. The molecule has 1 aliphatic heterocycles. The van der Waals surface area contributed by atoms with Crippen molar-refractivity contribution in [1.82, 2.24) is 14.9 Å². The smallest absolute Gasteiger partial charge is 0.275 e. The molecule has 1 aliphatic rings. The maximum Gasteiger partial charge on any atom is 0.275 e. The van der Waals surface area contributed by atoms with Crippen molar-refractivity contribution in [3.8, 4) is 17.2 Å². The molecular weight excluding hydrogens is 516 g/mol. The van der Waals surface area contributed by atoms with Crippen molar-refractivity contribution in [2.75, 3.05) is 39.7 Å². The molecule has 5 rings (SSSR count). The molecule has 9 nitrogen and oxygen atoms in total. The highest BCUT2D eigenvalue weighted by atomic mass is 32.1. The van der Waals surface area contributed by atoms with E-state index in [0.717, 1.165) is 34.4 Å². The number of methoxy groups -OCH3 is 3. The number of piperidine rings is 1. The molecule has 3 heterocycles. The molecule has 0 spiro atoms. The summed E-state index contributed by atoms with van der Waals surface area (Å²) in [6.07, 6.45) is 1.51. The van der Waals surface area contributed by atoms with E-state index in [1.807, 2.05) is 42.2 Å². The summed E-state index contributed by atoms with van der Waals surface area (Å²) in [6.45, 7) is 3.10. The lowest BCUT2D eigenvalue weighted by Gasteiger charge is -2.31. The van der Waals surface area contributed by atoms with Gasteiger partial charge >= 0.3 is 0 Å². The van der Waals surface area contributed by atoms with Gasteiger partial charge in [0.05, 0.1) is 37.4 Å². The maximum atomic E-state index is 13.3. The zero-order valence-electron chi connectivity index (χ0n) is 22.3. The van der Waals surface area contributed by atoms with Gasteiger partial charge in [-0.3, -0.25) is 14.6 Å². The summed E-state index contributed by atoms with van der Waals surface area (Å²) in [6, 6.07) is 13.0. The van der Waals surface area contributed by atoms with Crippen molar-refractivity contribution in [3.63, 3.8) is 0 Å². The molecule has 1 fully saturated rings. The van der Waals surface area contributed by atoms with Crippen molar-refractivity contribution in [3.05, 3.63) is 69.8 Å². The summed E-state index contributed by atoms with van der Waals surface area (Å²) in [7, 11) is 4.57. The Morgan fingerprint density at radius 3 is 2.44 bits per heavy atom. The minimum atomic E-state index is -0.245. The van der Waals surface area contributed by atoms with E-state index in [1.165, 1.54) is 25.6 Å². The molecule has 0 unspecified atom stereocenters. The number of aromatic nitrogens is 2. The number of thiazole rings is 1. The fourth-order valence-corrected chi connectivity index (χ4v) is 5.82. The monoisotopic (exact) mass is 546 g/mol. The Morgan fingerprint density at radius 2 is 1.72 bits per heavy atom. The van der Waals surface area contributed by atoms with Crippen molar-refractivity contribution < 1.29 is 23.8 Å². The number of fused-ring (bicyclic) bond motifs is 1. The van der Waals surface area contributed by atoms with Gasteiger partial charge in [-0.2, -0.15) is 0 Å². The number of ether oxygens (including phenoxy) is 3. The van der Waals surface area contributed by atoms with Crippen LogP contribution in [-0.2, 0) is 0 Å². The highest BCUT2D eigenvalue weighted by Crippen LogP contribution is 2.41. The van der Waals surface area contributed by atoms with Crippen LogP contribution in [-0.4, -0.2) is 61.1 Å². The van der Waals surface area contributed by atoms with Crippen molar-refractivity contribution >= 4 is 39.7 Å². The van der Waals surface area contributed by atoms with Gasteiger partial charge < -0.3 is 24.4 Å². The normalized spacial score (nSPS) is 13.8. The van der Waals surface area contributed by atoms with Gasteiger partial charge in [0, 0.05) is 41.2 Å². The first-order chi connectivity index (χ1) is 18.9.